The number of thiophene rings is 1. The van der Waals surface area contributed by atoms with E-state index >= 15 is 0 Å². The summed E-state index contributed by atoms with van der Waals surface area (Å²) in [5.41, 5.74) is 5.31. The third kappa shape index (κ3) is 3.82. The molecule has 0 saturated carbocycles. The lowest BCUT2D eigenvalue weighted by molar-refractivity contribution is -0.158. The average Bonchev–Trinajstić information content (AvgIpc) is 3.00. The van der Waals surface area contributed by atoms with Crippen LogP contribution >= 0.6 is 11.3 Å². The molecule has 1 amide bonds. The number of hydrogen-bond donors (Lipinski definition) is 1. The summed E-state index contributed by atoms with van der Waals surface area (Å²) in [7, 11) is 1.30. The van der Waals surface area contributed by atoms with Gasteiger partial charge in [-0.05, 0) is 12.1 Å². The summed E-state index contributed by atoms with van der Waals surface area (Å²) >= 11 is 1.31. The summed E-state index contributed by atoms with van der Waals surface area (Å²) < 4.78 is 9.95. The number of nitrogens with two attached hydrogens (primary N) is 1. The standard InChI is InChI=1S/C14H16N2O4S/c1-19-14(18)11-9-16(7-8-20-11)13(17)12-5-4-10(21-12)3-2-6-15/h4-5,11H,6-9,15H2,1H3. The zero-order valence-electron chi connectivity index (χ0n) is 11.6. The quantitative estimate of drug-likeness (QED) is 0.618. The molecule has 2 heterocycles. The molecule has 1 aliphatic rings. The first-order chi connectivity index (χ1) is 10.2. The summed E-state index contributed by atoms with van der Waals surface area (Å²) in [6.45, 7) is 1.25. The molecular formula is C14H16N2O4S. The van der Waals surface area contributed by atoms with Crippen molar-refractivity contribution < 1.29 is 19.1 Å². The smallest absolute Gasteiger partial charge is 0.336 e. The van der Waals surface area contributed by atoms with Crippen LogP contribution in [0.25, 0.3) is 0 Å². The minimum atomic E-state index is -0.718. The maximum atomic E-state index is 12.4. The van der Waals surface area contributed by atoms with E-state index in [0.29, 0.717) is 18.0 Å². The van der Waals surface area contributed by atoms with Gasteiger partial charge in [-0.2, -0.15) is 0 Å². The molecule has 1 aromatic heterocycles. The van der Waals surface area contributed by atoms with Crippen LogP contribution in [-0.4, -0.2) is 56.2 Å². The van der Waals surface area contributed by atoms with Gasteiger partial charge in [-0.1, -0.05) is 11.8 Å². The van der Waals surface area contributed by atoms with E-state index in [9.17, 15) is 9.59 Å². The molecule has 0 radical (unpaired) electrons. The van der Waals surface area contributed by atoms with Crippen molar-refractivity contribution in [1.29, 1.82) is 0 Å². The van der Waals surface area contributed by atoms with E-state index < -0.39 is 12.1 Å². The predicted molar refractivity (Wildman–Crippen MR) is 77.9 cm³/mol. The number of nitrogens with zero attached hydrogens (tertiary/aromatic N) is 1. The molecule has 6 nitrogen and oxygen atoms in total. The Kier molecular flexibility index (Phi) is 5.33. The van der Waals surface area contributed by atoms with Gasteiger partial charge in [-0.15, -0.1) is 11.3 Å². The molecule has 0 bridgehead atoms. The van der Waals surface area contributed by atoms with E-state index in [1.807, 2.05) is 0 Å². The molecule has 7 heteroatoms. The van der Waals surface area contributed by atoms with E-state index in [0.717, 1.165) is 4.88 Å². The molecular weight excluding hydrogens is 292 g/mol. The van der Waals surface area contributed by atoms with Crippen LogP contribution in [0.1, 0.15) is 14.5 Å². The number of esters is 1. The van der Waals surface area contributed by atoms with Crippen molar-refractivity contribution in [1.82, 2.24) is 4.90 Å². The Morgan fingerprint density at radius 2 is 2.38 bits per heavy atom. The second-order valence-electron chi connectivity index (χ2n) is 4.30. The molecule has 0 aliphatic carbocycles. The molecule has 0 aromatic carbocycles. The molecule has 2 N–H and O–H groups in total. The maximum absolute atomic E-state index is 12.4. The molecule has 21 heavy (non-hydrogen) atoms. The zero-order valence-corrected chi connectivity index (χ0v) is 12.4. The molecule has 112 valence electrons. The first-order valence-corrected chi connectivity index (χ1v) is 7.25. The first-order valence-electron chi connectivity index (χ1n) is 6.43. The van der Waals surface area contributed by atoms with Crippen molar-refractivity contribution in [3.8, 4) is 11.8 Å². The molecule has 1 fully saturated rings. The van der Waals surface area contributed by atoms with E-state index in [-0.39, 0.29) is 19.0 Å². The van der Waals surface area contributed by atoms with Crippen LogP contribution in [0.5, 0.6) is 0 Å². The molecule has 2 rings (SSSR count). The second-order valence-corrected chi connectivity index (χ2v) is 5.39. The molecule has 1 aromatic rings. The van der Waals surface area contributed by atoms with Gasteiger partial charge in [0.1, 0.15) is 0 Å². The molecule has 1 atom stereocenters. The van der Waals surface area contributed by atoms with E-state index in [4.69, 9.17) is 10.5 Å². The number of carbonyl (C=O) groups is 2. The number of rotatable bonds is 2. The predicted octanol–water partition coefficient (Wildman–Crippen LogP) is 0.0723. The van der Waals surface area contributed by atoms with Gasteiger partial charge >= 0.3 is 5.97 Å². The van der Waals surface area contributed by atoms with Crippen LogP contribution < -0.4 is 5.73 Å². The Hall–Kier alpha value is -1.88. The fourth-order valence-electron chi connectivity index (χ4n) is 1.92. The lowest BCUT2D eigenvalue weighted by Crippen LogP contribution is -2.48. The fourth-order valence-corrected chi connectivity index (χ4v) is 2.77. The summed E-state index contributed by atoms with van der Waals surface area (Å²) in [4.78, 5) is 26.9. The van der Waals surface area contributed by atoms with E-state index in [1.165, 1.54) is 18.4 Å². The van der Waals surface area contributed by atoms with Crippen LogP contribution in [0.3, 0.4) is 0 Å². The normalized spacial score (nSPS) is 17.8. The summed E-state index contributed by atoms with van der Waals surface area (Å²) in [6, 6.07) is 3.52. The molecule has 1 saturated heterocycles. The van der Waals surface area contributed by atoms with Crippen LogP contribution in [-0.2, 0) is 14.3 Å². The van der Waals surface area contributed by atoms with Crippen LogP contribution in [0.2, 0.25) is 0 Å². The van der Waals surface area contributed by atoms with Gasteiger partial charge in [0.25, 0.3) is 5.91 Å². The first kappa shape index (κ1) is 15.5. The second kappa shape index (κ2) is 7.22. The van der Waals surface area contributed by atoms with Crippen LogP contribution in [0.4, 0.5) is 0 Å². The third-order valence-corrected chi connectivity index (χ3v) is 3.94. The van der Waals surface area contributed by atoms with Crippen LogP contribution in [0, 0.1) is 11.8 Å². The van der Waals surface area contributed by atoms with Gasteiger partial charge in [0.15, 0.2) is 6.10 Å². The highest BCUT2D eigenvalue weighted by Gasteiger charge is 2.30. The largest absolute Gasteiger partial charge is 0.467 e. The molecule has 1 aliphatic heterocycles. The maximum Gasteiger partial charge on any atom is 0.336 e. The molecule has 1 unspecified atom stereocenters. The molecule has 0 spiro atoms. The van der Waals surface area contributed by atoms with Gasteiger partial charge < -0.3 is 20.1 Å². The average molecular weight is 308 g/mol. The lowest BCUT2D eigenvalue weighted by Gasteiger charge is -2.31. The van der Waals surface area contributed by atoms with Crippen molar-refractivity contribution in [2.75, 3.05) is 33.4 Å². The third-order valence-electron chi connectivity index (χ3n) is 2.95. The zero-order chi connectivity index (χ0) is 15.2. The van der Waals surface area contributed by atoms with Crippen molar-refractivity contribution in [3.05, 3.63) is 21.9 Å². The van der Waals surface area contributed by atoms with E-state index in [1.54, 1.807) is 17.0 Å². The number of morpholine rings is 1. The van der Waals surface area contributed by atoms with Crippen molar-refractivity contribution >= 4 is 23.2 Å². The fraction of sp³-hybridized carbons (Fsp3) is 0.429. The Morgan fingerprint density at radius 1 is 1.57 bits per heavy atom. The summed E-state index contributed by atoms with van der Waals surface area (Å²) in [5, 5.41) is 0. The summed E-state index contributed by atoms with van der Waals surface area (Å²) in [6.07, 6.45) is -0.718. The van der Waals surface area contributed by atoms with E-state index in [2.05, 4.69) is 16.6 Å². The highest BCUT2D eigenvalue weighted by Crippen LogP contribution is 2.19. The van der Waals surface area contributed by atoms with Crippen molar-refractivity contribution in [2.24, 2.45) is 5.73 Å². The van der Waals surface area contributed by atoms with Gasteiger partial charge in [-0.25, -0.2) is 4.79 Å². The highest BCUT2D eigenvalue weighted by molar-refractivity contribution is 7.14. The number of methoxy groups -OCH3 is 1. The Bertz CT molecular complexity index is 587. The minimum absolute atomic E-state index is 0.127. The Labute approximate surface area is 126 Å². The van der Waals surface area contributed by atoms with Crippen molar-refractivity contribution in [3.63, 3.8) is 0 Å². The summed E-state index contributed by atoms with van der Waals surface area (Å²) in [5.74, 6) is 5.05. The minimum Gasteiger partial charge on any atom is -0.467 e. The lowest BCUT2D eigenvalue weighted by atomic mass is 10.2. The highest BCUT2D eigenvalue weighted by atomic mass is 32.1. The SMILES string of the molecule is COC(=O)C1CN(C(=O)c2ccc(C#CCN)s2)CCO1. The monoisotopic (exact) mass is 308 g/mol. The topological polar surface area (TPSA) is 81.9 Å². The Balaban J connectivity index is 2.05. The number of ether oxygens (including phenoxy) is 2. The van der Waals surface area contributed by atoms with Gasteiger partial charge in [0.2, 0.25) is 0 Å². The van der Waals surface area contributed by atoms with Gasteiger partial charge in [-0.3, -0.25) is 4.79 Å². The van der Waals surface area contributed by atoms with Gasteiger partial charge in [0.05, 0.1) is 36.6 Å². The number of amides is 1. The van der Waals surface area contributed by atoms with Crippen LogP contribution in [0.15, 0.2) is 12.1 Å². The van der Waals surface area contributed by atoms with Crippen molar-refractivity contribution in [2.45, 2.75) is 6.10 Å². The Morgan fingerprint density at radius 3 is 3.10 bits per heavy atom. The van der Waals surface area contributed by atoms with Gasteiger partial charge in [0, 0.05) is 6.54 Å². The number of hydrogen-bond acceptors (Lipinski definition) is 6. The number of carbonyl (C=O) groups excluding carboxylic acids is 2.